The molecule has 1 atom stereocenters. The lowest BCUT2D eigenvalue weighted by molar-refractivity contribution is -0.134. The standard InChI is InChI=1S/C11H22N2O5S2/c1-11(2,3)9(13-20(4,17)18)10(16)12-5-6-19-7-8(14)15/h9,13H,5-7H2,1-4H3,(H,12,16)(H,14,15). The normalized spacial score (nSPS) is 13.8. The van der Waals surface area contributed by atoms with Crippen molar-refractivity contribution in [1.82, 2.24) is 10.0 Å². The predicted octanol–water partition coefficient (Wildman–Crippen LogP) is -0.116. The molecule has 1 amide bonds. The van der Waals surface area contributed by atoms with E-state index in [0.717, 1.165) is 6.26 Å². The summed E-state index contributed by atoms with van der Waals surface area (Å²) in [6, 6.07) is -0.873. The molecule has 0 aromatic carbocycles. The highest BCUT2D eigenvalue weighted by atomic mass is 32.2. The van der Waals surface area contributed by atoms with Gasteiger partial charge in [0.25, 0.3) is 0 Å². The zero-order chi connectivity index (χ0) is 16.0. The summed E-state index contributed by atoms with van der Waals surface area (Å²) < 4.78 is 24.9. The van der Waals surface area contributed by atoms with E-state index in [9.17, 15) is 18.0 Å². The van der Waals surface area contributed by atoms with Gasteiger partial charge in [0.05, 0.1) is 12.0 Å². The van der Waals surface area contributed by atoms with Crippen molar-refractivity contribution in [1.29, 1.82) is 0 Å². The number of rotatable bonds is 8. The average Bonchev–Trinajstić information content (AvgIpc) is 2.22. The number of hydrogen-bond acceptors (Lipinski definition) is 5. The molecule has 0 saturated heterocycles. The summed E-state index contributed by atoms with van der Waals surface area (Å²) in [5, 5.41) is 11.1. The monoisotopic (exact) mass is 326 g/mol. The zero-order valence-electron chi connectivity index (χ0n) is 12.1. The third kappa shape index (κ3) is 9.16. The predicted molar refractivity (Wildman–Crippen MR) is 79.2 cm³/mol. The molecule has 0 aliphatic carbocycles. The van der Waals surface area contributed by atoms with Gasteiger partial charge < -0.3 is 10.4 Å². The first-order valence-corrected chi connectivity index (χ1v) is 9.02. The van der Waals surface area contributed by atoms with Crippen molar-refractivity contribution in [2.75, 3.05) is 24.3 Å². The van der Waals surface area contributed by atoms with Crippen molar-refractivity contribution < 1.29 is 23.1 Å². The molecule has 0 rings (SSSR count). The molecule has 0 aliphatic heterocycles. The third-order valence-electron chi connectivity index (χ3n) is 2.23. The van der Waals surface area contributed by atoms with Gasteiger partial charge in [0.2, 0.25) is 15.9 Å². The Bertz CT molecular complexity index is 442. The van der Waals surface area contributed by atoms with Crippen molar-refractivity contribution in [3.8, 4) is 0 Å². The Morgan fingerprint density at radius 1 is 1.30 bits per heavy atom. The van der Waals surface area contributed by atoms with Crippen molar-refractivity contribution in [3.05, 3.63) is 0 Å². The lowest BCUT2D eigenvalue weighted by Crippen LogP contribution is -2.53. The van der Waals surface area contributed by atoms with Crippen LogP contribution >= 0.6 is 11.8 Å². The lowest BCUT2D eigenvalue weighted by Gasteiger charge is -2.29. The van der Waals surface area contributed by atoms with Gasteiger partial charge in [-0.1, -0.05) is 20.8 Å². The number of carboxylic acid groups (broad SMARTS) is 1. The van der Waals surface area contributed by atoms with E-state index in [-0.39, 0.29) is 12.3 Å². The van der Waals surface area contributed by atoms with E-state index < -0.39 is 33.4 Å². The van der Waals surface area contributed by atoms with Gasteiger partial charge in [-0.15, -0.1) is 11.8 Å². The number of thioether (sulfide) groups is 1. The van der Waals surface area contributed by atoms with Crippen molar-refractivity contribution in [3.63, 3.8) is 0 Å². The molecular weight excluding hydrogens is 304 g/mol. The van der Waals surface area contributed by atoms with E-state index in [4.69, 9.17) is 5.11 Å². The molecule has 1 unspecified atom stereocenters. The van der Waals surface area contributed by atoms with Crippen LogP contribution < -0.4 is 10.0 Å². The minimum absolute atomic E-state index is 0.0276. The average molecular weight is 326 g/mol. The van der Waals surface area contributed by atoms with Crippen LogP contribution in [0.25, 0.3) is 0 Å². The lowest BCUT2D eigenvalue weighted by atomic mass is 9.87. The Labute approximate surface area is 123 Å². The van der Waals surface area contributed by atoms with E-state index in [1.54, 1.807) is 20.8 Å². The van der Waals surface area contributed by atoms with Crippen LogP contribution in [0.3, 0.4) is 0 Å². The summed E-state index contributed by atoms with van der Waals surface area (Å²) in [5.74, 6) is -0.903. The number of aliphatic carboxylic acids is 1. The first-order valence-electron chi connectivity index (χ1n) is 5.98. The summed E-state index contributed by atoms with van der Waals surface area (Å²) >= 11 is 1.18. The summed E-state index contributed by atoms with van der Waals surface area (Å²) in [4.78, 5) is 22.3. The number of carboxylic acids is 1. The number of hydrogen-bond donors (Lipinski definition) is 3. The van der Waals surface area contributed by atoms with E-state index in [1.807, 2.05) is 0 Å². The van der Waals surface area contributed by atoms with Crippen LogP contribution in [0.1, 0.15) is 20.8 Å². The summed E-state index contributed by atoms with van der Waals surface area (Å²) in [7, 11) is -3.49. The second-order valence-corrected chi connectivity index (χ2v) is 8.31. The Balaban J connectivity index is 4.40. The molecule has 118 valence electrons. The van der Waals surface area contributed by atoms with Crippen LogP contribution in [0.2, 0.25) is 0 Å². The summed E-state index contributed by atoms with van der Waals surface area (Å²) in [6.45, 7) is 5.56. The molecule has 9 heteroatoms. The smallest absolute Gasteiger partial charge is 0.313 e. The van der Waals surface area contributed by atoms with E-state index in [1.165, 1.54) is 11.8 Å². The van der Waals surface area contributed by atoms with Crippen molar-refractivity contribution in [2.45, 2.75) is 26.8 Å². The molecule has 0 aromatic heterocycles. The number of nitrogens with one attached hydrogen (secondary N) is 2. The van der Waals surface area contributed by atoms with Gasteiger partial charge in [-0.25, -0.2) is 13.1 Å². The van der Waals surface area contributed by atoms with Gasteiger partial charge in [0.1, 0.15) is 6.04 Å². The molecular formula is C11H22N2O5S2. The first kappa shape index (κ1) is 19.2. The molecule has 0 fully saturated rings. The van der Waals surface area contributed by atoms with Gasteiger partial charge in [-0.3, -0.25) is 9.59 Å². The van der Waals surface area contributed by atoms with E-state index >= 15 is 0 Å². The third-order valence-corrected chi connectivity index (χ3v) is 3.84. The Morgan fingerprint density at radius 2 is 1.85 bits per heavy atom. The van der Waals surface area contributed by atoms with Gasteiger partial charge in [0, 0.05) is 12.3 Å². The fraction of sp³-hybridized carbons (Fsp3) is 0.818. The fourth-order valence-electron chi connectivity index (χ4n) is 1.35. The Morgan fingerprint density at radius 3 is 2.25 bits per heavy atom. The highest BCUT2D eigenvalue weighted by Gasteiger charge is 2.33. The number of carbonyl (C=O) groups is 2. The summed E-state index contributed by atoms with van der Waals surface area (Å²) in [6.07, 6.45) is 1.00. The van der Waals surface area contributed by atoms with Crippen LogP contribution in [0.15, 0.2) is 0 Å². The van der Waals surface area contributed by atoms with Gasteiger partial charge in [-0.05, 0) is 5.41 Å². The van der Waals surface area contributed by atoms with Crippen LogP contribution in [-0.4, -0.2) is 55.7 Å². The molecule has 0 aliphatic rings. The molecule has 0 radical (unpaired) electrons. The maximum absolute atomic E-state index is 12.0. The SMILES string of the molecule is CC(C)(C)C(NS(C)(=O)=O)C(=O)NCCSCC(=O)O. The maximum atomic E-state index is 12.0. The summed E-state index contributed by atoms with van der Waals surface area (Å²) in [5.41, 5.74) is -0.568. The molecule has 7 nitrogen and oxygen atoms in total. The zero-order valence-corrected chi connectivity index (χ0v) is 13.7. The number of amides is 1. The highest BCUT2D eigenvalue weighted by molar-refractivity contribution is 7.99. The van der Waals surface area contributed by atoms with Crippen LogP contribution in [0.5, 0.6) is 0 Å². The largest absolute Gasteiger partial charge is 0.481 e. The molecule has 0 saturated carbocycles. The molecule has 0 heterocycles. The van der Waals surface area contributed by atoms with Crippen molar-refractivity contribution >= 4 is 33.7 Å². The first-order chi connectivity index (χ1) is 8.93. The minimum atomic E-state index is -3.49. The second-order valence-electron chi connectivity index (χ2n) is 5.43. The van der Waals surface area contributed by atoms with Crippen molar-refractivity contribution in [2.24, 2.45) is 5.41 Å². The van der Waals surface area contributed by atoms with Crippen LogP contribution in [0.4, 0.5) is 0 Å². The van der Waals surface area contributed by atoms with E-state index in [2.05, 4.69) is 10.0 Å². The number of sulfonamides is 1. The maximum Gasteiger partial charge on any atom is 0.313 e. The number of carbonyl (C=O) groups excluding carboxylic acids is 1. The van der Waals surface area contributed by atoms with Crippen LogP contribution in [0, 0.1) is 5.41 Å². The van der Waals surface area contributed by atoms with Gasteiger partial charge in [-0.2, -0.15) is 0 Å². The minimum Gasteiger partial charge on any atom is -0.481 e. The quantitative estimate of drug-likeness (QED) is 0.536. The topological polar surface area (TPSA) is 113 Å². The Hall–Kier alpha value is -0.800. The molecule has 3 N–H and O–H groups in total. The van der Waals surface area contributed by atoms with Gasteiger partial charge >= 0.3 is 5.97 Å². The highest BCUT2D eigenvalue weighted by Crippen LogP contribution is 2.20. The Kier molecular flexibility index (Phi) is 7.53. The van der Waals surface area contributed by atoms with E-state index in [0.29, 0.717) is 5.75 Å². The molecule has 20 heavy (non-hydrogen) atoms. The van der Waals surface area contributed by atoms with Crippen LogP contribution in [-0.2, 0) is 19.6 Å². The molecule has 0 aromatic rings. The fourth-order valence-corrected chi connectivity index (χ4v) is 2.80. The van der Waals surface area contributed by atoms with Gasteiger partial charge in [0.15, 0.2) is 0 Å². The molecule has 0 spiro atoms. The molecule has 0 bridgehead atoms. The second kappa shape index (κ2) is 7.84.